The third kappa shape index (κ3) is 4.50. The van der Waals surface area contributed by atoms with Crippen molar-refractivity contribution < 1.29 is 31.9 Å². The highest BCUT2D eigenvalue weighted by Gasteiger charge is 2.26. The van der Waals surface area contributed by atoms with E-state index in [0.29, 0.717) is 0 Å². The molecule has 5 nitrogen and oxygen atoms in total. The van der Waals surface area contributed by atoms with Crippen molar-refractivity contribution in [1.29, 1.82) is 0 Å². The second-order valence-corrected chi connectivity index (χ2v) is 5.84. The van der Waals surface area contributed by atoms with Gasteiger partial charge in [-0.25, -0.2) is 18.0 Å². The van der Waals surface area contributed by atoms with Gasteiger partial charge < -0.3 is 16.2 Å². The standard InChI is InChI=1S/C18H16F4N2O3/c1-8(23)18(26)27-13-6-5-10(15(21)16(13)22)17(25)12(24)7-9-3-2-4-11(19)14(9)20/h2-6,8,12H,7,23-24H2,1H3/t8-,12-/m0/s1. The van der Waals surface area contributed by atoms with Crippen molar-refractivity contribution in [3.63, 3.8) is 0 Å². The fourth-order valence-electron chi connectivity index (χ4n) is 2.24. The Labute approximate surface area is 151 Å². The van der Waals surface area contributed by atoms with Crippen LogP contribution in [0.25, 0.3) is 0 Å². The molecule has 0 fully saturated rings. The molecule has 0 unspecified atom stereocenters. The predicted molar refractivity (Wildman–Crippen MR) is 88.0 cm³/mol. The van der Waals surface area contributed by atoms with Crippen LogP contribution >= 0.6 is 0 Å². The number of Topliss-reactive ketones (excluding diaryl/α,β-unsaturated/α-hetero) is 1. The highest BCUT2D eigenvalue weighted by atomic mass is 19.2. The molecule has 2 aromatic rings. The highest BCUT2D eigenvalue weighted by molar-refractivity contribution is 6.00. The lowest BCUT2D eigenvalue weighted by Crippen LogP contribution is -2.34. The first-order chi connectivity index (χ1) is 12.6. The van der Waals surface area contributed by atoms with E-state index in [1.807, 2.05) is 0 Å². The highest BCUT2D eigenvalue weighted by Crippen LogP contribution is 2.24. The lowest BCUT2D eigenvalue weighted by Gasteiger charge is -2.14. The van der Waals surface area contributed by atoms with Crippen molar-refractivity contribution in [2.75, 3.05) is 0 Å². The normalized spacial score (nSPS) is 13.1. The Morgan fingerprint density at radius 3 is 2.30 bits per heavy atom. The predicted octanol–water partition coefficient (Wildman–Crippen LogP) is 2.25. The van der Waals surface area contributed by atoms with Crippen LogP contribution in [-0.2, 0) is 11.2 Å². The molecule has 0 spiro atoms. The number of ether oxygens (including phenoxy) is 1. The van der Waals surface area contributed by atoms with Gasteiger partial charge in [-0.05, 0) is 37.1 Å². The molecule has 0 saturated carbocycles. The van der Waals surface area contributed by atoms with Crippen molar-refractivity contribution in [2.24, 2.45) is 11.5 Å². The van der Waals surface area contributed by atoms with Crippen molar-refractivity contribution in [3.05, 3.63) is 64.7 Å². The van der Waals surface area contributed by atoms with Crippen LogP contribution in [-0.4, -0.2) is 23.8 Å². The summed E-state index contributed by atoms with van der Waals surface area (Å²) >= 11 is 0. The van der Waals surface area contributed by atoms with Gasteiger partial charge in [0.1, 0.15) is 6.04 Å². The molecule has 2 rings (SSSR count). The second kappa shape index (κ2) is 8.28. The molecule has 0 amide bonds. The first-order valence-electron chi connectivity index (χ1n) is 7.81. The molecule has 0 heterocycles. The molecule has 0 aliphatic carbocycles. The zero-order chi connectivity index (χ0) is 20.3. The molecule has 2 aromatic carbocycles. The van der Waals surface area contributed by atoms with Gasteiger partial charge >= 0.3 is 5.97 Å². The minimum atomic E-state index is -1.58. The Morgan fingerprint density at radius 2 is 1.67 bits per heavy atom. The molecule has 0 bridgehead atoms. The lowest BCUT2D eigenvalue weighted by atomic mass is 9.97. The van der Waals surface area contributed by atoms with E-state index in [-0.39, 0.29) is 5.56 Å². The number of carbonyl (C=O) groups excluding carboxylic acids is 2. The van der Waals surface area contributed by atoms with Crippen LogP contribution in [0.3, 0.4) is 0 Å². The van der Waals surface area contributed by atoms with Crippen molar-refractivity contribution in [2.45, 2.75) is 25.4 Å². The molecule has 2 atom stereocenters. The summed E-state index contributed by atoms with van der Waals surface area (Å²) in [6, 6.07) is 2.58. The van der Waals surface area contributed by atoms with E-state index in [9.17, 15) is 27.2 Å². The zero-order valence-corrected chi connectivity index (χ0v) is 14.1. The van der Waals surface area contributed by atoms with E-state index in [0.717, 1.165) is 18.2 Å². The summed E-state index contributed by atoms with van der Waals surface area (Å²) in [6.45, 7) is 1.29. The largest absolute Gasteiger partial charge is 0.422 e. The van der Waals surface area contributed by atoms with E-state index in [1.54, 1.807) is 0 Å². The molecule has 0 aliphatic rings. The summed E-state index contributed by atoms with van der Waals surface area (Å²) in [7, 11) is 0. The monoisotopic (exact) mass is 384 g/mol. The van der Waals surface area contributed by atoms with Crippen LogP contribution in [0, 0.1) is 23.3 Å². The van der Waals surface area contributed by atoms with Crippen LogP contribution < -0.4 is 16.2 Å². The summed E-state index contributed by atoms with van der Waals surface area (Å²) in [4.78, 5) is 23.7. The van der Waals surface area contributed by atoms with Gasteiger partial charge in [-0.3, -0.25) is 4.79 Å². The molecule has 27 heavy (non-hydrogen) atoms. The molecule has 144 valence electrons. The maximum atomic E-state index is 14.2. The molecular weight excluding hydrogens is 368 g/mol. The third-order valence-electron chi connectivity index (χ3n) is 3.70. The minimum Gasteiger partial charge on any atom is -0.422 e. The maximum absolute atomic E-state index is 14.2. The number of halogens is 4. The Hall–Kier alpha value is -2.78. The Morgan fingerprint density at radius 1 is 1.00 bits per heavy atom. The third-order valence-corrected chi connectivity index (χ3v) is 3.70. The van der Waals surface area contributed by atoms with E-state index < -0.39 is 64.8 Å². The Kier molecular flexibility index (Phi) is 6.29. The van der Waals surface area contributed by atoms with E-state index in [2.05, 4.69) is 4.74 Å². The van der Waals surface area contributed by atoms with Gasteiger partial charge in [-0.2, -0.15) is 4.39 Å². The van der Waals surface area contributed by atoms with Gasteiger partial charge in [0.05, 0.1) is 11.6 Å². The van der Waals surface area contributed by atoms with Gasteiger partial charge in [0, 0.05) is 0 Å². The first kappa shape index (κ1) is 20.5. The van der Waals surface area contributed by atoms with Crippen molar-refractivity contribution in [3.8, 4) is 5.75 Å². The topological polar surface area (TPSA) is 95.4 Å². The molecule has 4 N–H and O–H groups in total. The number of benzene rings is 2. The molecule has 0 aromatic heterocycles. The Bertz CT molecular complexity index is 887. The van der Waals surface area contributed by atoms with Crippen LogP contribution in [0.1, 0.15) is 22.8 Å². The zero-order valence-electron chi connectivity index (χ0n) is 14.1. The van der Waals surface area contributed by atoms with Crippen molar-refractivity contribution in [1.82, 2.24) is 0 Å². The summed E-state index contributed by atoms with van der Waals surface area (Å²) in [5, 5.41) is 0. The molecule has 0 aliphatic heterocycles. The minimum absolute atomic E-state index is 0.181. The fourth-order valence-corrected chi connectivity index (χ4v) is 2.24. The molecule has 0 saturated heterocycles. The number of hydrogen-bond acceptors (Lipinski definition) is 5. The number of esters is 1. The first-order valence-corrected chi connectivity index (χ1v) is 7.81. The van der Waals surface area contributed by atoms with Crippen molar-refractivity contribution >= 4 is 11.8 Å². The quantitative estimate of drug-likeness (QED) is 0.345. The average Bonchev–Trinajstić information content (AvgIpc) is 2.62. The van der Waals surface area contributed by atoms with E-state index >= 15 is 0 Å². The molecule has 0 radical (unpaired) electrons. The number of carbonyl (C=O) groups is 2. The summed E-state index contributed by atoms with van der Waals surface area (Å²) < 4.78 is 59.7. The van der Waals surface area contributed by atoms with E-state index in [4.69, 9.17) is 11.5 Å². The van der Waals surface area contributed by atoms with Gasteiger partial charge in [-0.15, -0.1) is 0 Å². The van der Waals surface area contributed by atoms with Gasteiger partial charge in [0.2, 0.25) is 5.82 Å². The lowest BCUT2D eigenvalue weighted by molar-refractivity contribution is -0.135. The SMILES string of the molecule is C[C@H](N)C(=O)Oc1ccc(C(=O)[C@@H](N)Cc2cccc(F)c2F)c(F)c1F. The van der Waals surface area contributed by atoms with Gasteiger partial charge in [0.25, 0.3) is 0 Å². The van der Waals surface area contributed by atoms with Gasteiger partial charge in [-0.1, -0.05) is 12.1 Å². The number of nitrogens with two attached hydrogens (primary N) is 2. The summed E-state index contributed by atoms with van der Waals surface area (Å²) in [5.74, 6) is -8.21. The fraction of sp³-hybridized carbons (Fsp3) is 0.222. The van der Waals surface area contributed by atoms with Crippen LogP contribution in [0.4, 0.5) is 17.6 Å². The second-order valence-electron chi connectivity index (χ2n) is 5.84. The molecular formula is C18H16F4N2O3. The average molecular weight is 384 g/mol. The summed E-state index contributed by atoms with van der Waals surface area (Å²) in [6.07, 6.45) is -0.426. The van der Waals surface area contributed by atoms with Gasteiger partial charge in [0.15, 0.2) is 29.0 Å². The smallest absolute Gasteiger partial charge is 0.328 e. The van der Waals surface area contributed by atoms with Crippen LogP contribution in [0.15, 0.2) is 30.3 Å². The maximum Gasteiger partial charge on any atom is 0.328 e. The van der Waals surface area contributed by atoms with Crippen LogP contribution in [0.5, 0.6) is 5.75 Å². The molecule has 9 heteroatoms. The number of rotatable bonds is 6. The number of hydrogen-bond donors (Lipinski definition) is 2. The van der Waals surface area contributed by atoms with Crippen LogP contribution in [0.2, 0.25) is 0 Å². The summed E-state index contributed by atoms with van der Waals surface area (Å²) in [5.41, 5.74) is 10.0. The van der Waals surface area contributed by atoms with E-state index in [1.165, 1.54) is 19.1 Å². The Balaban J connectivity index is 2.24. The number of ketones is 1.